The van der Waals surface area contributed by atoms with Crippen LogP contribution < -0.4 is 0 Å². The molecule has 0 N–H and O–H groups in total. The van der Waals surface area contributed by atoms with Gasteiger partial charge < -0.3 is 9.47 Å². The third kappa shape index (κ3) is 3.46. The quantitative estimate of drug-likeness (QED) is 0.549. The molecule has 0 saturated carbocycles. The van der Waals surface area contributed by atoms with E-state index in [-0.39, 0.29) is 29.6 Å². The summed E-state index contributed by atoms with van der Waals surface area (Å²) in [5.41, 5.74) is 1.55. The Hall–Kier alpha value is -1.91. The SMILES string of the molecule is CC(=O)O[C@H]1C/C(C)=C/CC(=O)/C(C)=C\[C@@H]2OC(=O)[C@@H](C)[C@@H]21. The molecule has 0 amide bonds. The Morgan fingerprint density at radius 2 is 2.00 bits per heavy atom. The Morgan fingerprint density at radius 3 is 2.64 bits per heavy atom. The van der Waals surface area contributed by atoms with Crippen LogP contribution in [0.15, 0.2) is 23.3 Å². The fraction of sp³-hybridized carbons (Fsp3) is 0.588. The molecule has 5 nitrogen and oxygen atoms in total. The molecule has 0 spiro atoms. The molecule has 4 atom stereocenters. The number of ketones is 1. The monoisotopic (exact) mass is 306 g/mol. The molecule has 0 radical (unpaired) electrons. The molecule has 0 aromatic rings. The number of carbonyl (C=O) groups excluding carboxylic acids is 3. The summed E-state index contributed by atoms with van der Waals surface area (Å²) in [7, 11) is 0. The van der Waals surface area contributed by atoms with Gasteiger partial charge in [0.2, 0.25) is 0 Å². The summed E-state index contributed by atoms with van der Waals surface area (Å²) < 4.78 is 10.9. The predicted octanol–water partition coefficient (Wildman–Crippen LogP) is 2.35. The van der Waals surface area contributed by atoms with E-state index >= 15 is 0 Å². The summed E-state index contributed by atoms with van der Waals surface area (Å²) in [5.74, 6) is -1.33. The van der Waals surface area contributed by atoms with Crippen LogP contribution in [0.5, 0.6) is 0 Å². The highest BCUT2D eigenvalue weighted by molar-refractivity contribution is 5.96. The van der Waals surface area contributed by atoms with Crippen LogP contribution in [0.4, 0.5) is 0 Å². The summed E-state index contributed by atoms with van der Waals surface area (Å²) in [6.45, 7) is 6.77. The maximum absolute atomic E-state index is 12.0. The number of Topliss-reactive ketones (excluding diaryl/α,β-unsaturated/α-hetero) is 1. The first-order chi connectivity index (χ1) is 10.3. The van der Waals surface area contributed by atoms with Gasteiger partial charge in [0.1, 0.15) is 12.2 Å². The van der Waals surface area contributed by atoms with E-state index in [1.165, 1.54) is 6.92 Å². The molecule has 120 valence electrons. The highest BCUT2D eigenvalue weighted by Gasteiger charge is 2.46. The number of fused-ring (bicyclic) bond motifs is 1. The van der Waals surface area contributed by atoms with Crippen LogP contribution in [0.2, 0.25) is 0 Å². The van der Waals surface area contributed by atoms with Gasteiger partial charge in [0.05, 0.1) is 11.8 Å². The highest BCUT2D eigenvalue weighted by Crippen LogP contribution is 2.36. The molecular weight excluding hydrogens is 284 g/mol. The molecule has 1 heterocycles. The molecule has 0 bridgehead atoms. The Kier molecular flexibility index (Phi) is 4.84. The standard InChI is InChI=1S/C17H22O5/c1-9-5-6-13(19)10(2)8-15-16(11(3)17(20)22-15)14(7-9)21-12(4)18/h5,8,11,14-16H,6-7H2,1-4H3/b9-5+,10-8-/t11-,14-,15-,16+/m0/s1. The van der Waals surface area contributed by atoms with Crippen LogP contribution in [0.1, 0.15) is 40.5 Å². The minimum absolute atomic E-state index is 0.0136. The second-order valence-corrected chi connectivity index (χ2v) is 6.15. The zero-order valence-electron chi connectivity index (χ0n) is 13.4. The summed E-state index contributed by atoms with van der Waals surface area (Å²) in [6, 6.07) is 0. The minimum Gasteiger partial charge on any atom is -0.462 e. The van der Waals surface area contributed by atoms with Crippen molar-refractivity contribution in [3.8, 4) is 0 Å². The third-order valence-corrected chi connectivity index (χ3v) is 4.34. The first kappa shape index (κ1) is 16.5. The number of allylic oxidation sites excluding steroid dienone is 2. The number of esters is 2. The van der Waals surface area contributed by atoms with Crippen molar-refractivity contribution < 1.29 is 23.9 Å². The van der Waals surface area contributed by atoms with E-state index in [0.717, 1.165) is 5.57 Å². The predicted molar refractivity (Wildman–Crippen MR) is 79.8 cm³/mol. The maximum atomic E-state index is 12.0. The topological polar surface area (TPSA) is 69.7 Å². The van der Waals surface area contributed by atoms with E-state index in [9.17, 15) is 14.4 Å². The Labute approximate surface area is 130 Å². The average Bonchev–Trinajstić information content (AvgIpc) is 2.69. The van der Waals surface area contributed by atoms with Gasteiger partial charge in [-0.2, -0.15) is 0 Å². The van der Waals surface area contributed by atoms with Gasteiger partial charge in [-0.05, 0) is 25.5 Å². The lowest BCUT2D eigenvalue weighted by Crippen LogP contribution is -2.35. The number of rotatable bonds is 1. The second-order valence-electron chi connectivity index (χ2n) is 6.15. The van der Waals surface area contributed by atoms with Crippen LogP contribution in [0.25, 0.3) is 0 Å². The molecule has 1 saturated heterocycles. The molecule has 1 fully saturated rings. The second kappa shape index (κ2) is 6.46. The molecule has 1 aliphatic carbocycles. The van der Waals surface area contributed by atoms with E-state index in [0.29, 0.717) is 18.4 Å². The molecule has 0 aromatic heterocycles. The van der Waals surface area contributed by atoms with Crippen LogP contribution in [-0.4, -0.2) is 29.9 Å². The van der Waals surface area contributed by atoms with Crippen molar-refractivity contribution in [1.82, 2.24) is 0 Å². The lowest BCUT2D eigenvalue weighted by atomic mass is 9.82. The van der Waals surface area contributed by atoms with Gasteiger partial charge >= 0.3 is 11.9 Å². The third-order valence-electron chi connectivity index (χ3n) is 4.34. The number of hydrogen-bond donors (Lipinski definition) is 0. The minimum atomic E-state index is -0.526. The normalized spacial score (nSPS) is 37.3. The van der Waals surface area contributed by atoms with Gasteiger partial charge in [0.25, 0.3) is 0 Å². The van der Waals surface area contributed by atoms with Crippen molar-refractivity contribution in [2.75, 3.05) is 0 Å². The first-order valence-electron chi connectivity index (χ1n) is 7.54. The van der Waals surface area contributed by atoms with E-state index in [1.54, 1.807) is 19.9 Å². The molecular formula is C17H22O5. The fourth-order valence-electron chi connectivity index (χ4n) is 3.08. The van der Waals surface area contributed by atoms with Crippen LogP contribution >= 0.6 is 0 Å². The Bertz CT molecular complexity index is 557. The largest absolute Gasteiger partial charge is 0.462 e. The van der Waals surface area contributed by atoms with Crippen molar-refractivity contribution in [1.29, 1.82) is 0 Å². The number of hydrogen-bond acceptors (Lipinski definition) is 5. The van der Waals surface area contributed by atoms with Crippen molar-refractivity contribution in [2.24, 2.45) is 11.8 Å². The lowest BCUT2D eigenvalue weighted by molar-refractivity contribution is -0.150. The Morgan fingerprint density at radius 1 is 1.32 bits per heavy atom. The molecule has 0 unspecified atom stereocenters. The maximum Gasteiger partial charge on any atom is 0.309 e. The van der Waals surface area contributed by atoms with Gasteiger partial charge in [0, 0.05) is 19.8 Å². The molecule has 5 heteroatoms. The number of ether oxygens (including phenoxy) is 2. The van der Waals surface area contributed by atoms with Crippen molar-refractivity contribution in [2.45, 2.75) is 52.7 Å². The first-order valence-corrected chi connectivity index (χ1v) is 7.54. The lowest BCUT2D eigenvalue weighted by Gasteiger charge is -2.28. The zero-order valence-corrected chi connectivity index (χ0v) is 13.4. The van der Waals surface area contributed by atoms with Gasteiger partial charge in [-0.15, -0.1) is 0 Å². The van der Waals surface area contributed by atoms with E-state index < -0.39 is 12.2 Å². The summed E-state index contributed by atoms with van der Waals surface area (Å²) in [6.07, 6.45) is 3.40. The van der Waals surface area contributed by atoms with Gasteiger partial charge in [0.15, 0.2) is 5.78 Å². The molecule has 2 rings (SSSR count). The van der Waals surface area contributed by atoms with Crippen LogP contribution in [-0.2, 0) is 23.9 Å². The smallest absolute Gasteiger partial charge is 0.309 e. The van der Waals surface area contributed by atoms with Gasteiger partial charge in [-0.1, -0.05) is 18.6 Å². The van der Waals surface area contributed by atoms with E-state index in [1.807, 2.05) is 13.0 Å². The summed E-state index contributed by atoms with van der Waals surface area (Å²) in [5, 5.41) is 0. The van der Waals surface area contributed by atoms with E-state index in [4.69, 9.17) is 9.47 Å². The average molecular weight is 306 g/mol. The highest BCUT2D eigenvalue weighted by atomic mass is 16.6. The van der Waals surface area contributed by atoms with Gasteiger partial charge in [-0.25, -0.2) is 0 Å². The Balaban J connectivity index is 2.43. The zero-order chi connectivity index (χ0) is 16.4. The van der Waals surface area contributed by atoms with Crippen molar-refractivity contribution in [3.05, 3.63) is 23.3 Å². The molecule has 2 aliphatic rings. The van der Waals surface area contributed by atoms with Crippen LogP contribution in [0.3, 0.4) is 0 Å². The van der Waals surface area contributed by atoms with Crippen molar-refractivity contribution >= 4 is 17.7 Å². The molecule has 1 aliphatic heterocycles. The van der Waals surface area contributed by atoms with Gasteiger partial charge in [-0.3, -0.25) is 14.4 Å². The number of carbonyl (C=O) groups is 3. The van der Waals surface area contributed by atoms with Crippen molar-refractivity contribution in [3.63, 3.8) is 0 Å². The van der Waals surface area contributed by atoms with Crippen LogP contribution in [0, 0.1) is 11.8 Å². The molecule has 0 aromatic carbocycles. The summed E-state index contributed by atoms with van der Waals surface area (Å²) >= 11 is 0. The summed E-state index contributed by atoms with van der Waals surface area (Å²) in [4.78, 5) is 35.4. The fourth-order valence-corrected chi connectivity index (χ4v) is 3.08. The molecule has 22 heavy (non-hydrogen) atoms. The van der Waals surface area contributed by atoms with E-state index in [2.05, 4.69) is 0 Å².